The summed E-state index contributed by atoms with van der Waals surface area (Å²) in [6.45, 7) is -0.368. The van der Waals surface area contributed by atoms with E-state index in [2.05, 4.69) is 10.5 Å². The Morgan fingerprint density at radius 1 is 1.00 bits per heavy atom. The minimum absolute atomic E-state index is 0.0810. The number of ether oxygens (including phenoxy) is 2. The van der Waals surface area contributed by atoms with Crippen LogP contribution in [0.5, 0.6) is 0 Å². The number of nitrogens with zero attached hydrogens (tertiary/aromatic N) is 1. The van der Waals surface area contributed by atoms with E-state index in [1.165, 1.54) is 21.6 Å². The van der Waals surface area contributed by atoms with Crippen LogP contribution >= 0.6 is 21.6 Å². The van der Waals surface area contributed by atoms with Gasteiger partial charge in [-0.1, -0.05) is 58.0 Å². The summed E-state index contributed by atoms with van der Waals surface area (Å²) in [5.74, 6) is -0.425. The number of aliphatic hydroxyl groups excluding tert-OH is 4. The zero-order valence-electron chi connectivity index (χ0n) is 18.5. The number of esters is 1. The summed E-state index contributed by atoms with van der Waals surface area (Å²) in [7, 11) is 2.86. The van der Waals surface area contributed by atoms with Gasteiger partial charge in [-0.15, -0.1) is 0 Å². The Bertz CT molecular complexity index is 1010. The monoisotopic (exact) mass is 522 g/mol. The number of hydrogen-bond donors (Lipinski definition) is 5. The second-order valence-corrected chi connectivity index (χ2v) is 9.94. The van der Waals surface area contributed by atoms with Crippen LogP contribution in [0.3, 0.4) is 0 Å². The standard InChI is InChI=1S/C23H26N2O8S2/c26-18(32-13-16-19(27)20(28)21(29)23(31)33-16)10-11-34-35-17-9-5-4-8-15(17)12-24-25-22(30)14-6-2-1-3-7-14/h1-9,12,16,19-21,23,27-29,31H,10-11,13H2,(H,25,30)/b24-12+/t16-,19-,20+,21-,23?/m1/s1. The molecular formula is C23H26N2O8S2. The fourth-order valence-electron chi connectivity index (χ4n) is 3.02. The number of rotatable bonds is 10. The molecule has 2 aromatic carbocycles. The van der Waals surface area contributed by atoms with E-state index in [1.807, 2.05) is 30.3 Å². The molecular weight excluding hydrogens is 496 g/mol. The second kappa shape index (κ2) is 13.6. The van der Waals surface area contributed by atoms with Gasteiger partial charge in [-0.25, -0.2) is 5.43 Å². The Labute approximate surface area is 209 Å². The van der Waals surface area contributed by atoms with E-state index in [1.54, 1.807) is 30.5 Å². The summed E-state index contributed by atoms with van der Waals surface area (Å²) in [4.78, 5) is 25.0. The molecule has 2 aromatic rings. The molecule has 1 unspecified atom stereocenters. The van der Waals surface area contributed by atoms with E-state index in [4.69, 9.17) is 9.47 Å². The molecule has 5 N–H and O–H groups in total. The third kappa shape index (κ3) is 8.04. The van der Waals surface area contributed by atoms with Crippen LogP contribution in [-0.4, -0.2) is 81.6 Å². The van der Waals surface area contributed by atoms with E-state index in [-0.39, 0.29) is 18.9 Å². The van der Waals surface area contributed by atoms with E-state index in [0.717, 1.165) is 10.5 Å². The van der Waals surface area contributed by atoms with Gasteiger partial charge in [0, 0.05) is 21.8 Å². The maximum atomic E-state index is 12.1. The van der Waals surface area contributed by atoms with Crippen LogP contribution in [0.1, 0.15) is 22.3 Å². The number of nitrogens with one attached hydrogen (secondary N) is 1. The number of hydrazone groups is 1. The minimum atomic E-state index is -1.68. The molecule has 3 rings (SSSR count). The van der Waals surface area contributed by atoms with Crippen molar-refractivity contribution in [1.29, 1.82) is 0 Å². The molecule has 35 heavy (non-hydrogen) atoms. The first-order chi connectivity index (χ1) is 16.9. The molecule has 1 aliphatic heterocycles. The van der Waals surface area contributed by atoms with Gasteiger partial charge in [-0.05, 0) is 18.2 Å². The van der Waals surface area contributed by atoms with Crippen molar-refractivity contribution in [2.45, 2.75) is 42.0 Å². The highest BCUT2D eigenvalue weighted by molar-refractivity contribution is 8.76. The third-order valence-electron chi connectivity index (χ3n) is 4.96. The van der Waals surface area contributed by atoms with Gasteiger partial charge < -0.3 is 29.9 Å². The van der Waals surface area contributed by atoms with Gasteiger partial charge >= 0.3 is 5.97 Å². The molecule has 0 spiro atoms. The zero-order valence-corrected chi connectivity index (χ0v) is 20.1. The smallest absolute Gasteiger partial charge is 0.306 e. The largest absolute Gasteiger partial charge is 0.463 e. The SMILES string of the molecule is O=C(CCSSc1ccccc1/C=N/NC(=O)c1ccccc1)OC[C@H]1OC(O)[C@H](O)[C@@H](O)[C@@H]1O. The van der Waals surface area contributed by atoms with Crippen molar-refractivity contribution in [2.24, 2.45) is 5.10 Å². The van der Waals surface area contributed by atoms with Crippen LogP contribution in [0, 0.1) is 0 Å². The first kappa shape index (κ1) is 27.1. The Balaban J connectivity index is 1.40. The topological polar surface area (TPSA) is 158 Å². The average Bonchev–Trinajstić information content (AvgIpc) is 2.88. The Morgan fingerprint density at radius 3 is 2.49 bits per heavy atom. The highest BCUT2D eigenvalue weighted by atomic mass is 33.1. The van der Waals surface area contributed by atoms with Crippen LogP contribution in [0.25, 0.3) is 0 Å². The molecule has 0 aliphatic carbocycles. The van der Waals surface area contributed by atoms with Crippen LogP contribution in [-0.2, 0) is 14.3 Å². The number of carbonyl (C=O) groups is 2. The third-order valence-corrected chi connectivity index (χ3v) is 7.39. The normalized spacial score (nSPS) is 24.3. The number of benzene rings is 2. The molecule has 1 aliphatic rings. The molecule has 10 nitrogen and oxygen atoms in total. The Morgan fingerprint density at radius 2 is 1.71 bits per heavy atom. The predicted molar refractivity (Wildman–Crippen MR) is 131 cm³/mol. The molecule has 0 aromatic heterocycles. The van der Waals surface area contributed by atoms with Crippen LogP contribution in [0.2, 0.25) is 0 Å². The van der Waals surface area contributed by atoms with Gasteiger partial charge in [0.25, 0.3) is 5.91 Å². The quantitative estimate of drug-likeness (QED) is 0.0999. The van der Waals surface area contributed by atoms with Gasteiger partial charge in [0.2, 0.25) is 0 Å². The van der Waals surface area contributed by atoms with E-state index in [0.29, 0.717) is 11.3 Å². The lowest BCUT2D eigenvalue weighted by molar-refractivity contribution is -0.287. The lowest BCUT2D eigenvalue weighted by atomic mass is 9.99. The number of aliphatic hydroxyl groups is 4. The molecule has 1 fully saturated rings. The van der Waals surface area contributed by atoms with Gasteiger partial charge in [-0.2, -0.15) is 5.10 Å². The first-order valence-corrected chi connectivity index (χ1v) is 13.0. The summed E-state index contributed by atoms with van der Waals surface area (Å²) in [6, 6.07) is 16.2. The maximum absolute atomic E-state index is 12.1. The zero-order chi connectivity index (χ0) is 25.2. The summed E-state index contributed by atoms with van der Waals surface area (Å²) < 4.78 is 10.0. The number of amides is 1. The van der Waals surface area contributed by atoms with Gasteiger partial charge in [0.15, 0.2) is 6.29 Å². The first-order valence-electron chi connectivity index (χ1n) is 10.7. The van der Waals surface area contributed by atoms with E-state index >= 15 is 0 Å². The molecule has 12 heteroatoms. The van der Waals surface area contributed by atoms with Crippen molar-refractivity contribution in [2.75, 3.05) is 12.4 Å². The van der Waals surface area contributed by atoms with Crippen molar-refractivity contribution in [1.82, 2.24) is 5.43 Å². The van der Waals surface area contributed by atoms with Gasteiger partial charge in [0.05, 0.1) is 12.6 Å². The van der Waals surface area contributed by atoms with E-state index in [9.17, 15) is 30.0 Å². The number of hydrogen-bond acceptors (Lipinski definition) is 11. The molecule has 5 atom stereocenters. The van der Waals surface area contributed by atoms with Crippen molar-refractivity contribution in [3.8, 4) is 0 Å². The molecule has 0 saturated carbocycles. The lowest BCUT2D eigenvalue weighted by Gasteiger charge is -2.37. The average molecular weight is 523 g/mol. The highest BCUT2D eigenvalue weighted by Crippen LogP contribution is 2.33. The van der Waals surface area contributed by atoms with Gasteiger partial charge in [-0.3, -0.25) is 9.59 Å². The second-order valence-electron chi connectivity index (χ2n) is 7.48. The fraction of sp³-hybridized carbons (Fsp3) is 0.348. The molecule has 1 heterocycles. The van der Waals surface area contributed by atoms with Crippen LogP contribution < -0.4 is 5.43 Å². The molecule has 0 radical (unpaired) electrons. The van der Waals surface area contributed by atoms with Crippen molar-refractivity contribution >= 4 is 39.7 Å². The predicted octanol–water partition coefficient (Wildman–Crippen LogP) is 0.924. The fourth-order valence-corrected chi connectivity index (χ4v) is 5.17. The minimum Gasteiger partial charge on any atom is -0.463 e. The van der Waals surface area contributed by atoms with Crippen molar-refractivity contribution in [3.63, 3.8) is 0 Å². The van der Waals surface area contributed by atoms with Crippen molar-refractivity contribution in [3.05, 3.63) is 65.7 Å². The lowest BCUT2D eigenvalue weighted by Crippen LogP contribution is -2.58. The molecule has 1 saturated heterocycles. The Hall–Kier alpha value is -2.45. The Kier molecular flexibility index (Phi) is 10.5. The van der Waals surface area contributed by atoms with Gasteiger partial charge in [0.1, 0.15) is 31.0 Å². The molecule has 0 bridgehead atoms. The summed E-state index contributed by atoms with van der Waals surface area (Å²) in [5, 5.41) is 42.6. The summed E-state index contributed by atoms with van der Waals surface area (Å²) in [6.07, 6.45) is -5.95. The van der Waals surface area contributed by atoms with E-state index < -0.39 is 36.7 Å². The highest BCUT2D eigenvalue weighted by Gasteiger charge is 2.43. The maximum Gasteiger partial charge on any atom is 0.306 e. The molecule has 188 valence electrons. The summed E-state index contributed by atoms with van der Waals surface area (Å²) >= 11 is 0. The molecule has 1 amide bonds. The van der Waals surface area contributed by atoms with Crippen LogP contribution in [0.15, 0.2) is 64.6 Å². The van der Waals surface area contributed by atoms with Crippen molar-refractivity contribution < 1.29 is 39.5 Å². The number of carbonyl (C=O) groups excluding carboxylic acids is 2. The van der Waals surface area contributed by atoms with Crippen LogP contribution in [0.4, 0.5) is 0 Å². The summed E-state index contributed by atoms with van der Waals surface area (Å²) in [5.41, 5.74) is 3.79.